The number of aryl methyl sites for hydroxylation is 1. The van der Waals surface area contributed by atoms with Crippen LogP contribution in [0.5, 0.6) is 5.75 Å². The van der Waals surface area contributed by atoms with Crippen LogP contribution in [0, 0.1) is 17.0 Å². The maximum atomic E-state index is 12.1. The number of nitrogens with one attached hydrogen (secondary N) is 2. The minimum absolute atomic E-state index is 0.0732. The van der Waals surface area contributed by atoms with Gasteiger partial charge in [0.15, 0.2) is 12.3 Å². The van der Waals surface area contributed by atoms with Gasteiger partial charge in [-0.15, -0.1) is 0 Å². The molecule has 1 aromatic rings. The first-order valence-corrected chi connectivity index (χ1v) is 7.47. The van der Waals surface area contributed by atoms with Crippen molar-refractivity contribution in [3.63, 3.8) is 0 Å². The van der Waals surface area contributed by atoms with Crippen LogP contribution in [0.25, 0.3) is 0 Å². The van der Waals surface area contributed by atoms with Crippen LogP contribution in [-0.2, 0) is 4.79 Å². The second-order valence-electron chi connectivity index (χ2n) is 5.63. The van der Waals surface area contributed by atoms with Crippen LogP contribution >= 0.6 is 0 Å². The molecule has 0 aliphatic carbocycles. The number of hydrogen-bond donors (Lipinski definition) is 2. The smallest absolute Gasteiger partial charge is 0.311 e. The van der Waals surface area contributed by atoms with E-state index in [4.69, 9.17) is 4.74 Å². The molecule has 0 atom stereocenters. The molecule has 0 aromatic heterocycles. The molecule has 0 unspecified atom stereocenters. The Labute approximate surface area is 129 Å². The Hall–Kier alpha value is -2.15. The van der Waals surface area contributed by atoms with E-state index < -0.39 is 4.92 Å². The Morgan fingerprint density at radius 1 is 1.36 bits per heavy atom. The van der Waals surface area contributed by atoms with Crippen molar-refractivity contribution in [2.24, 2.45) is 0 Å². The number of nitro benzene ring substituents is 1. The molecule has 7 nitrogen and oxygen atoms in total. The molecule has 1 aromatic carbocycles. The molecule has 1 amide bonds. The van der Waals surface area contributed by atoms with Crippen molar-refractivity contribution in [1.82, 2.24) is 0 Å². The van der Waals surface area contributed by atoms with E-state index in [0.29, 0.717) is 17.8 Å². The van der Waals surface area contributed by atoms with Crippen molar-refractivity contribution in [3.05, 3.63) is 27.8 Å². The normalized spacial score (nSPS) is 15.4. The predicted molar refractivity (Wildman–Crippen MR) is 82.4 cm³/mol. The third-order valence-corrected chi connectivity index (χ3v) is 3.97. The fraction of sp³-hybridized carbons (Fsp3) is 0.533. The molecule has 2 N–H and O–H groups in total. The second kappa shape index (κ2) is 7.22. The summed E-state index contributed by atoms with van der Waals surface area (Å²) in [6.45, 7) is 4.21. The molecular weight excluding hydrogens is 286 g/mol. The van der Waals surface area contributed by atoms with Crippen LogP contribution in [0.15, 0.2) is 12.1 Å². The van der Waals surface area contributed by atoms with Crippen molar-refractivity contribution in [1.29, 1.82) is 0 Å². The molecular formula is C15H22N3O4+. The van der Waals surface area contributed by atoms with Crippen molar-refractivity contribution in [2.75, 3.05) is 32.1 Å². The van der Waals surface area contributed by atoms with Gasteiger partial charge in [0.05, 0.1) is 25.1 Å². The lowest BCUT2D eigenvalue weighted by Gasteiger charge is -2.23. The summed E-state index contributed by atoms with van der Waals surface area (Å²) in [4.78, 5) is 23.9. The first kappa shape index (κ1) is 16.2. The van der Waals surface area contributed by atoms with Crippen LogP contribution in [0.4, 0.5) is 11.4 Å². The topological polar surface area (TPSA) is 85.9 Å². The maximum absolute atomic E-state index is 12.1. The summed E-state index contributed by atoms with van der Waals surface area (Å²) in [6.07, 6.45) is 3.56. The van der Waals surface area contributed by atoms with E-state index >= 15 is 0 Å². The SMILES string of the molecule is COc1cc(NC(=O)C[NH+]2CCCCC2)c(C)cc1[N+](=O)[O-]. The lowest BCUT2D eigenvalue weighted by atomic mass is 10.1. The zero-order chi connectivity index (χ0) is 16.1. The molecule has 0 spiro atoms. The highest BCUT2D eigenvalue weighted by molar-refractivity contribution is 5.92. The van der Waals surface area contributed by atoms with E-state index in [1.807, 2.05) is 0 Å². The number of rotatable bonds is 5. The first-order chi connectivity index (χ1) is 10.5. The third kappa shape index (κ3) is 3.94. The fourth-order valence-corrected chi connectivity index (χ4v) is 2.76. The van der Waals surface area contributed by atoms with Gasteiger partial charge in [-0.1, -0.05) is 0 Å². The van der Waals surface area contributed by atoms with E-state index in [1.165, 1.54) is 30.6 Å². The number of ether oxygens (including phenoxy) is 1. The zero-order valence-corrected chi connectivity index (χ0v) is 13.0. The van der Waals surface area contributed by atoms with Crippen LogP contribution < -0.4 is 15.0 Å². The molecule has 1 aliphatic rings. The number of hydrogen-bond acceptors (Lipinski definition) is 4. The molecule has 2 rings (SSSR count). The molecule has 0 radical (unpaired) electrons. The van der Waals surface area contributed by atoms with Crippen LogP contribution in [-0.4, -0.2) is 37.6 Å². The van der Waals surface area contributed by atoms with Gasteiger partial charge in [0.25, 0.3) is 5.91 Å². The van der Waals surface area contributed by atoms with Crippen LogP contribution in [0.1, 0.15) is 24.8 Å². The molecule has 1 heterocycles. The van der Waals surface area contributed by atoms with Gasteiger partial charge in [-0.2, -0.15) is 0 Å². The molecule has 22 heavy (non-hydrogen) atoms. The lowest BCUT2D eigenvalue weighted by molar-refractivity contribution is -0.896. The monoisotopic (exact) mass is 308 g/mol. The third-order valence-electron chi connectivity index (χ3n) is 3.97. The Morgan fingerprint density at radius 3 is 2.64 bits per heavy atom. The minimum Gasteiger partial charge on any atom is -0.490 e. The number of carbonyl (C=O) groups excluding carboxylic acids is 1. The summed E-state index contributed by atoms with van der Waals surface area (Å²) in [7, 11) is 1.38. The number of likely N-dealkylation sites (tertiary alicyclic amines) is 1. The second-order valence-corrected chi connectivity index (χ2v) is 5.63. The van der Waals surface area contributed by atoms with Gasteiger partial charge in [-0.3, -0.25) is 14.9 Å². The van der Waals surface area contributed by atoms with Gasteiger partial charge >= 0.3 is 5.69 Å². The van der Waals surface area contributed by atoms with E-state index in [1.54, 1.807) is 6.92 Å². The zero-order valence-electron chi connectivity index (χ0n) is 13.0. The molecule has 1 saturated heterocycles. The van der Waals surface area contributed by atoms with Crippen LogP contribution in [0.2, 0.25) is 0 Å². The van der Waals surface area contributed by atoms with Crippen molar-refractivity contribution in [3.8, 4) is 5.75 Å². The summed E-state index contributed by atoms with van der Waals surface area (Å²) in [5.74, 6) is 0.0760. The number of amides is 1. The molecule has 120 valence electrons. The number of anilines is 1. The van der Waals surface area contributed by atoms with Crippen molar-refractivity contribution in [2.45, 2.75) is 26.2 Å². The van der Waals surface area contributed by atoms with Crippen molar-refractivity contribution >= 4 is 17.3 Å². The fourth-order valence-electron chi connectivity index (χ4n) is 2.76. The quantitative estimate of drug-likeness (QED) is 0.625. The Balaban J connectivity index is 2.08. The number of quaternary nitrogens is 1. The molecule has 1 aliphatic heterocycles. The van der Waals surface area contributed by atoms with E-state index in [2.05, 4.69) is 5.32 Å². The number of nitrogens with zero attached hydrogens (tertiary/aromatic N) is 1. The van der Waals surface area contributed by atoms with Gasteiger partial charge in [-0.05, 0) is 31.7 Å². The van der Waals surface area contributed by atoms with Crippen molar-refractivity contribution < 1.29 is 19.4 Å². The molecule has 0 bridgehead atoms. The summed E-state index contributed by atoms with van der Waals surface area (Å²) >= 11 is 0. The minimum atomic E-state index is -0.491. The number of methoxy groups -OCH3 is 1. The summed E-state index contributed by atoms with van der Waals surface area (Å²) in [6, 6.07) is 2.93. The van der Waals surface area contributed by atoms with Gasteiger partial charge in [0, 0.05) is 17.8 Å². The standard InChI is InChI=1S/C15H21N3O4/c1-11-8-13(18(20)21)14(22-2)9-12(11)16-15(19)10-17-6-4-3-5-7-17/h8-9H,3-7,10H2,1-2H3,(H,16,19)/p+1. The number of nitro groups is 1. The summed E-state index contributed by atoms with van der Waals surface area (Å²) < 4.78 is 5.04. The predicted octanol–water partition coefficient (Wildman–Crippen LogP) is 0.919. The summed E-state index contributed by atoms with van der Waals surface area (Å²) in [5, 5.41) is 13.8. The summed E-state index contributed by atoms with van der Waals surface area (Å²) in [5.41, 5.74) is 1.11. The van der Waals surface area contributed by atoms with Crippen LogP contribution in [0.3, 0.4) is 0 Å². The largest absolute Gasteiger partial charge is 0.490 e. The van der Waals surface area contributed by atoms with Gasteiger partial charge in [0.1, 0.15) is 0 Å². The first-order valence-electron chi connectivity index (χ1n) is 7.47. The maximum Gasteiger partial charge on any atom is 0.311 e. The van der Waals surface area contributed by atoms with E-state index in [9.17, 15) is 14.9 Å². The highest BCUT2D eigenvalue weighted by atomic mass is 16.6. The molecule has 1 fully saturated rings. The van der Waals surface area contributed by atoms with Gasteiger partial charge in [0.2, 0.25) is 0 Å². The van der Waals surface area contributed by atoms with E-state index in [0.717, 1.165) is 25.9 Å². The number of carbonyl (C=O) groups is 1. The van der Waals surface area contributed by atoms with E-state index in [-0.39, 0.29) is 17.3 Å². The highest BCUT2D eigenvalue weighted by Gasteiger charge is 2.21. The number of benzene rings is 1. The average Bonchev–Trinajstić information content (AvgIpc) is 2.49. The lowest BCUT2D eigenvalue weighted by Crippen LogP contribution is -3.13. The Morgan fingerprint density at radius 2 is 2.05 bits per heavy atom. The number of piperidine rings is 1. The molecule has 7 heteroatoms. The molecule has 0 saturated carbocycles. The average molecular weight is 308 g/mol. The highest BCUT2D eigenvalue weighted by Crippen LogP contribution is 2.32. The van der Waals surface area contributed by atoms with Gasteiger partial charge in [-0.25, -0.2) is 0 Å². The Kier molecular flexibility index (Phi) is 5.32. The van der Waals surface area contributed by atoms with Gasteiger partial charge < -0.3 is 15.0 Å². The Bertz CT molecular complexity index is 568.